The first-order valence-electron chi connectivity index (χ1n) is 7.67. The average molecular weight is 255 g/mol. The zero-order chi connectivity index (χ0) is 13.4. The highest BCUT2D eigenvalue weighted by atomic mass is 15.3. The SMILES string of the molecule is CCCN1CCN(CCNCCC(C)(C)C)CC1. The summed E-state index contributed by atoms with van der Waals surface area (Å²) in [5.74, 6) is 0. The largest absolute Gasteiger partial charge is 0.315 e. The first kappa shape index (κ1) is 15.9. The van der Waals surface area contributed by atoms with Gasteiger partial charge in [0.05, 0.1) is 0 Å². The van der Waals surface area contributed by atoms with Crippen LogP contribution >= 0.6 is 0 Å². The van der Waals surface area contributed by atoms with Crippen molar-refractivity contribution >= 4 is 0 Å². The lowest BCUT2D eigenvalue weighted by Gasteiger charge is -2.34. The summed E-state index contributed by atoms with van der Waals surface area (Å²) in [6, 6.07) is 0. The second kappa shape index (κ2) is 8.13. The van der Waals surface area contributed by atoms with Crippen LogP contribution in [0.3, 0.4) is 0 Å². The fourth-order valence-electron chi connectivity index (χ4n) is 2.38. The smallest absolute Gasteiger partial charge is 0.0110 e. The minimum atomic E-state index is 0.457. The van der Waals surface area contributed by atoms with Crippen LogP contribution in [0.5, 0.6) is 0 Å². The van der Waals surface area contributed by atoms with Gasteiger partial charge in [-0.15, -0.1) is 0 Å². The highest BCUT2D eigenvalue weighted by Gasteiger charge is 2.15. The predicted octanol–water partition coefficient (Wildman–Crippen LogP) is 2.04. The molecule has 0 bridgehead atoms. The Morgan fingerprint density at radius 1 is 0.889 bits per heavy atom. The summed E-state index contributed by atoms with van der Waals surface area (Å²) in [6.45, 7) is 19.0. The Morgan fingerprint density at radius 2 is 1.44 bits per heavy atom. The Morgan fingerprint density at radius 3 is 1.94 bits per heavy atom. The Hall–Kier alpha value is -0.120. The molecule has 0 aromatic heterocycles. The van der Waals surface area contributed by atoms with Crippen molar-refractivity contribution in [3.63, 3.8) is 0 Å². The van der Waals surface area contributed by atoms with Crippen LogP contribution in [0.2, 0.25) is 0 Å². The molecule has 0 aromatic rings. The first-order chi connectivity index (χ1) is 8.51. The van der Waals surface area contributed by atoms with Gasteiger partial charge >= 0.3 is 0 Å². The van der Waals surface area contributed by atoms with Crippen LogP contribution in [-0.4, -0.2) is 62.2 Å². The molecule has 1 N–H and O–H groups in total. The lowest BCUT2D eigenvalue weighted by Crippen LogP contribution is -2.48. The number of nitrogens with one attached hydrogen (secondary N) is 1. The van der Waals surface area contributed by atoms with Crippen LogP contribution in [0.1, 0.15) is 40.5 Å². The van der Waals surface area contributed by atoms with E-state index in [-0.39, 0.29) is 0 Å². The molecule has 3 nitrogen and oxygen atoms in total. The van der Waals surface area contributed by atoms with Crippen molar-refractivity contribution in [1.82, 2.24) is 15.1 Å². The Labute approximate surface area is 114 Å². The van der Waals surface area contributed by atoms with Crippen molar-refractivity contribution in [2.45, 2.75) is 40.5 Å². The van der Waals surface area contributed by atoms with Gasteiger partial charge < -0.3 is 10.2 Å². The number of piperazine rings is 1. The van der Waals surface area contributed by atoms with E-state index in [0.717, 1.165) is 13.1 Å². The van der Waals surface area contributed by atoms with Gasteiger partial charge in [-0.3, -0.25) is 4.90 Å². The zero-order valence-corrected chi connectivity index (χ0v) is 13.0. The molecular formula is C15H33N3. The molecule has 1 aliphatic heterocycles. The van der Waals surface area contributed by atoms with Crippen LogP contribution in [0.25, 0.3) is 0 Å². The summed E-state index contributed by atoms with van der Waals surface area (Å²) in [5, 5.41) is 3.57. The second-order valence-corrected chi connectivity index (χ2v) is 6.74. The second-order valence-electron chi connectivity index (χ2n) is 6.74. The van der Waals surface area contributed by atoms with Crippen LogP contribution in [-0.2, 0) is 0 Å². The molecule has 0 spiro atoms. The summed E-state index contributed by atoms with van der Waals surface area (Å²) in [5.41, 5.74) is 0.457. The van der Waals surface area contributed by atoms with Crippen molar-refractivity contribution in [2.75, 3.05) is 52.4 Å². The van der Waals surface area contributed by atoms with E-state index in [0.29, 0.717) is 5.41 Å². The van der Waals surface area contributed by atoms with E-state index in [1.54, 1.807) is 0 Å². The van der Waals surface area contributed by atoms with Gasteiger partial charge in [-0.2, -0.15) is 0 Å². The van der Waals surface area contributed by atoms with E-state index in [2.05, 4.69) is 42.8 Å². The Balaban J connectivity index is 1.98. The molecule has 18 heavy (non-hydrogen) atoms. The number of hydrogen-bond acceptors (Lipinski definition) is 3. The van der Waals surface area contributed by atoms with Gasteiger partial charge in [-0.25, -0.2) is 0 Å². The predicted molar refractivity (Wildman–Crippen MR) is 80.1 cm³/mol. The molecule has 0 amide bonds. The van der Waals surface area contributed by atoms with E-state index in [1.807, 2.05) is 0 Å². The quantitative estimate of drug-likeness (QED) is 0.702. The highest BCUT2D eigenvalue weighted by molar-refractivity contribution is 4.72. The summed E-state index contributed by atoms with van der Waals surface area (Å²) in [6.07, 6.45) is 2.55. The van der Waals surface area contributed by atoms with E-state index >= 15 is 0 Å². The highest BCUT2D eigenvalue weighted by Crippen LogP contribution is 2.16. The van der Waals surface area contributed by atoms with Crippen LogP contribution in [0.15, 0.2) is 0 Å². The molecule has 0 aliphatic carbocycles. The fourth-order valence-corrected chi connectivity index (χ4v) is 2.38. The molecule has 1 rings (SSSR count). The normalized spacial score (nSPS) is 19.3. The molecule has 1 fully saturated rings. The van der Waals surface area contributed by atoms with Crippen molar-refractivity contribution in [3.8, 4) is 0 Å². The number of nitrogens with zero attached hydrogens (tertiary/aromatic N) is 2. The molecule has 1 saturated heterocycles. The van der Waals surface area contributed by atoms with Gasteiger partial charge in [0.15, 0.2) is 0 Å². The van der Waals surface area contributed by atoms with E-state index < -0.39 is 0 Å². The lowest BCUT2D eigenvalue weighted by atomic mass is 9.92. The molecule has 0 radical (unpaired) electrons. The summed E-state index contributed by atoms with van der Waals surface area (Å²) in [7, 11) is 0. The Kier molecular flexibility index (Phi) is 7.20. The minimum absolute atomic E-state index is 0.457. The topological polar surface area (TPSA) is 18.5 Å². The molecule has 0 unspecified atom stereocenters. The monoisotopic (exact) mass is 255 g/mol. The van der Waals surface area contributed by atoms with E-state index in [9.17, 15) is 0 Å². The Bertz CT molecular complexity index is 202. The standard InChI is InChI=1S/C15H33N3/c1-5-9-17-11-13-18(14-12-17)10-8-16-7-6-15(2,3)4/h16H,5-14H2,1-4H3. The summed E-state index contributed by atoms with van der Waals surface area (Å²) >= 11 is 0. The van der Waals surface area contributed by atoms with E-state index in [1.165, 1.54) is 52.1 Å². The molecule has 1 aliphatic rings. The molecule has 3 heteroatoms. The van der Waals surface area contributed by atoms with Gasteiger partial charge in [0, 0.05) is 39.3 Å². The first-order valence-corrected chi connectivity index (χ1v) is 7.67. The summed E-state index contributed by atoms with van der Waals surface area (Å²) < 4.78 is 0. The van der Waals surface area contributed by atoms with Crippen molar-refractivity contribution in [3.05, 3.63) is 0 Å². The van der Waals surface area contributed by atoms with Gasteiger partial charge in [0.2, 0.25) is 0 Å². The van der Waals surface area contributed by atoms with Crippen LogP contribution in [0, 0.1) is 5.41 Å². The number of hydrogen-bond donors (Lipinski definition) is 1. The van der Waals surface area contributed by atoms with Gasteiger partial charge in [-0.1, -0.05) is 27.7 Å². The van der Waals surface area contributed by atoms with E-state index in [4.69, 9.17) is 0 Å². The molecule has 0 aromatic carbocycles. The third kappa shape index (κ3) is 7.34. The number of rotatable bonds is 7. The lowest BCUT2D eigenvalue weighted by molar-refractivity contribution is 0.133. The third-order valence-electron chi connectivity index (χ3n) is 3.66. The van der Waals surface area contributed by atoms with Gasteiger partial charge in [-0.05, 0) is 31.3 Å². The summed E-state index contributed by atoms with van der Waals surface area (Å²) in [4.78, 5) is 5.18. The zero-order valence-electron chi connectivity index (χ0n) is 13.0. The maximum absolute atomic E-state index is 3.57. The molecule has 0 saturated carbocycles. The van der Waals surface area contributed by atoms with Crippen LogP contribution in [0.4, 0.5) is 0 Å². The maximum Gasteiger partial charge on any atom is 0.0110 e. The maximum atomic E-state index is 3.57. The van der Waals surface area contributed by atoms with Gasteiger partial charge in [0.1, 0.15) is 0 Å². The molecule has 0 atom stereocenters. The minimum Gasteiger partial charge on any atom is -0.315 e. The molecule has 108 valence electrons. The van der Waals surface area contributed by atoms with Crippen molar-refractivity contribution in [2.24, 2.45) is 5.41 Å². The van der Waals surface area contributed by atoms with Gasteiger partial charge in [0.25, 0.3) is 0 Å². The van der Waals surface area contributed by atoms with Crippen molar-refractivity contribution < 1.29 is 0 Å². The van der Waals surface area contributed by atoms with Crippen molar-refractivity contribution in [1.29, 1.82) is 0 Å². The third-order valence-corrected chi connectivity index (χ3v) is 3.66. The molecular weight excluding hydrogens is 222 g/mol. The molecule has 1 heterocycles. The fraction of sp³-hybridized carbons (Fsp3) is 1.00. The van der Waals surface area contributed by atoms with Crippen LogP contribution < -0.4 is 5.32 Å². The average Bonchev–Trinajstić information content (AvgIpc) is 2.30.